The summed E-state index contributed by atoms with van der Waals surface area (Å²) < 4.78 is 5.23. The molecule has 0 aliphatic heterocycles. The van der Waals surface area contributed by atoms with Crippen LogP contribution in [0.4, 0.5) is 0 Å². The molecule has 0 aromatic rings. The van der Waals surface area contributed by atoms with Crippen LogP contribution in [-0.2, 0) is 9.53 Å². The number of aliphatic hydroxyl groups is 3. The molecule has 1 atom stereocenters. The molecular weight excluding hydrogens is 344 g/mol. The monoisotopic (exact) mass is 388 g/mol. The third-order valence-corrected chi connectivity index (χ3v) is 5.21. The maximum atomic E-state index is 12.5. The van der Waals surface area contributed by atoms with Crippen molar-refractivity contribution in [2.24, 2.45) is 5.92 Å². The summed E-state index contributed by atoms with van der Waals surface area (Å²) in [6, 6.07) is 0. The Labute approximate surface area is 166 Å². The molecule has 0 aliphatic rings. The van der Waals surface area contributed by atoms with Crippen LogP contribution in [0.15, 0.2) is 0 Å². The Kier molecular flexibility index (Phi) is 15.9. The standard InChI is InChI=1S/C22H44O5/c1-4-7-9-11-13-15-17-19(18-16-14-12-10-8-5-2)21(23)27-20(6-3)22(24,25)26/h19-20,24-26H,4-18H2,1-3H3. The minimum atomic E-state index is -2.98. The van der Waals surface area contributed by atoms with Gasteiger partial charge < -0.3 is 20.1 Å². The highest BCUT2D eigenvalue weighted by atomic mass is 16.7. The van der Waals surface area contributed by atoms with Gasteiger partial charge in [-0.15, -0.1) is 0 Å². The molecule has 0 aromatic heterocycles. The van der Waals surface area contributed by atoms with E-state index in [1.807, 2.05) is 0 Å². The molecule has 0 saturated heterocycles. The van der Waals surface area contributed by atoms with E-state index < -0.39 is 18.0 Å². The molecular formula is C22H44O5. The molecule has 0 rings (SSSR count). The van der Waals surface area contributed by atoms with Gasteiger partial charge in [0.1, 0.15) is 0 Å². The van der Waals surface area contributed by atoms with Crippen LogP contribution < -0.4 is 0 Å². The fourth-order valence-electron chi connectivity index (χ4n) is 3.39. The smallest absolute Gasteiger partial charge is 0.314 e. The molecule has 1 unspecified atom stereocenters. The molecule has 0 aromatic carbocycles. The van der Waals surface area contributed by atoms with Crippen molar-refractivity contribution in [2.45, 2.75) is 129 Å². The predicted molar refractivity (Wildman–Crippen MR) is 109 cm³/mol. The fourth-order valence-corrected chi connectivity index (χ4v) is 3.39. The van der Waals surface area contributed by atoms with Crippen LogP contribution in [0.3, 0.4) is 0 Å². The molecule has 0 heterocycles. The zero-order valence-corrected chi connectivity index (χ0v) is 17.9. The van der Waals surface area contributed by atoms with Gasteiger partial charge in [0, 0.05) is 0 Å². The Morgan fingerprint density at radius 2 is 1.15 bits per heavy atom. The molecule has 3 N–H and O–H groups in total. The molecule has 27 heavy (non-hydrogen) atoms. The molecule has 0 spiro atoms. The average molecular weight is 389 g/mol. The Hall–Kier alpha value is -0.650. The SMILES string of the molecule is CCCCCCCCC(CCCCCCCC)C(=O)OC(CC)C(O)(O)O. The zero-order valence-electron chi connectivity index (χ0n) is 17.9. The lowest BCUT2D eigenvalue weighted by Gasteiger charge is -2.26. The van der Waals surface area contributed by atoms with Crippen molar-refractivity contribution in [3.05, 3.63) is 0 Å². The number of unbranched alkanes of at least 4 members (excludes halogenated alkanes) is 10. The summed E-state index contributed by atoms with van der Waals surface area (Å²) >= 11 is 0. The van der Waals surface area contributed by atoms with E-state index >= 15 is 0 Å². The van der Waals surface area contributed by atoms with Gasteiger partial charge in [0.2, 0.25) is 0 Å². The minimum Gasteiger partial charge on any atom is -0.454 e. The number of esters is 1. The molecule has 0 radical (unpaired) electrons. The Bertz CT molecular complexity index is 335. The Morgan fingerprint density at radius 1 is 0.741 bits per heavy atom. The van der Waals surface area contributed by atoms with Gasteiger partial charge in [-0.25, -0.2) is 0 Å². The van der Waals surface area contributed by atoms with Crippen molar-refractivity contribution in [3.8, 4) is 0 Å². The lowest BCUT2D eigenvalue weighted by Crippen LogP contribution is -2.45. The minimum absolute atomic E-state index is 0.149. The molecule has 5 nitrogen and oxygen atoms in total. The topological polar surface area (TPSA) is 87.0 Å². The van der Waals surface area contributed by atoms with E-state index in [0.717, 1.165) is 38.5 Å². The van der Waals surface area contributed by atoms with Crippen LogP contribution >= 0.6 is 0 Å². The van der Waals surface area contributed by atoms with Crippen molar-refractivity contribution < 1.29 is 24.9 Å². The van der Waals surface area contributed by atoms with Crippen molar-refractivity contribution >= 4 is 5.97 Å². The summed E-state index contributed by atoms with van der Waals surface area (Å²) in [5.74, 6) is -3.61. The van der Waals surface area contributed by atoms with Gasteiger partial charge in [0.15, 0.2) is 6.10 Å². The lowest BCUT2D eigenvalue weighted by atomic mass is 9.94. The third kappa shape index (κ3) is 14.1. The lowest BCUT2D eigenvalue weighted by molar-refractivity contribution is -0.356. The van der Waals surface area contributed by atoms with Crippen molar-refractivity contribution in [2.75, 3.05) is 0 Å². The van der Waals surface area contributed by atoms with Crippen LogP contribution in [-0.4, -0.2) is 33.4 Å². The number of hydrogen-bond donors (Lipinski definition) is 3. The van der Waals surface area contributed by atoms with E-state index in [-0.39, 0.29) is 12.3 Å². The normalized spacial score (nSPS) is 13.1. The molecule has 0 amide bonds. The number of carbonyl (C=O) groups excluding carboxylic acids is 1. The van der Waals surface area contributed by atoms with E-state index in [2.05, 4.69) is 13.8 Å². The first-order valence-corrected chi connectivity index (χ1v) is 11.2. The van der Waals surface area contributed by atoms with E-state index in [1.54, 1.807) is 6.92 Å². The summed E-state index contributed by atoms with van der Waals surface area (Å²) in [6.45, 7) is 6.03. The van der Waals surface area contributed by atoms with E-state index in [0.29, 0.717) is 0 Å². The average Bonchev–Trinajstić information content (AvgIpc) is 2.62. The van der Waals surface area contributed by atoms with Crippen LogP contribution in [0.1, 0.15) is 117 Å². The Morgan fingerprint density at radius 3 is 1.52 bits per heavy atom. The Balaban J connectivity index is 4.44. The maximum Gasteiger partial charge on any atom is 0.314 e. The largest absolute Gasteiger partial charge is 0.454 e. The van der Waals surface area contributed by atoms with Crippen molar-refractivity contribution in [1.29, 1.82) is 0 Å². The number of hydrogen-bond acceptors (Lipinski definition) is 5. The second kappa shape index (κ2) is 16.3. The highest BCUT2D eigenvalue weighted by molar-refractivity contribution is 5.72. The van der Waals surface area contributed by atoms with Gasteiger partial charge in [-0.2, -0.15) is 0 Å². The molecule has 5 heteroatoms. The predicted octanol–water partition coefficient (Wildman–Crippen LogP) is 5.06. The summed E-state index contributed by atoms with van der Waals surface area (Å²) in [7, 11) is 0. The summed E-state index contributed by atoms with van der Waals surface area (Å²) in [4.78, 5) is 12.5. The molecule has 162 valence electrons. The van der Waals surface area contributed by atoms with Crippen LogP contribution in [0.25, 0.3) is 0 Å². The summed E-state index contributed by atoms with van der Waals surface area (Å²) in [6.07, 6.45) is 14.4. The van der Waals surface area contributed by atoms with Gasteiger partial charge in [-0.05, 0) is 19.3 Å². The van der Waals surface area contributed by atoms with Crippen LogP contribution in [0.2, 0.25) is 0 Å². The van der Waals surface area contributed by atoms with Gasteiger partial charge in [-0.3, -0.25) is 4.79 Å². The van der Waals surface area contributed by atoms with Crippen molar-refractivity contribution in [1.82, 2.24) is 0 Å². The summed E-state index contributed by atoms with van der Waals surface area (Å²) in [5, 5.41) is 28.0. The molecule has 0 saturated carbocycles. The van der Waals surface area contributed by atoms with Gasteiger partial charge in [-0.1, -0.05) is 97.8 Å². The van der Waals surface area contributed by atoms with Gasteiger partial charge >= 0.3 is 11.9 Å². The zero-order chi connectivity index (χ0) is 20.5. The summed E-state index contributed by atoms with van der Waals surface area (Å²) in [5.41, 5.74) is 0. The van der Waals surface area contributed by atoms with Gasteiger partial charge in [0.05, 0.1) is 5.92 Å². The fraction of sp³-hybridized carbons (Fsp3) is 0.955. The first-order valence-electron chi connectivity index (χ1n) is 11.2. The van der Waals surface area contributed by atoms with E-state index in [9.17, 15) is 20.1 Å². The van der Waals surface area contributed by atoms with E-state index in [4.69, 9.17) is 4.74 Å². The molecule has 0 fully saturated rings. The highest BCUT2D eigenvalue weighted by Gasteiger charge is 2.35. The number of carbonyl (C=O) groups is 1. The first kappa shape index (κ1) is 26.4. The highest BCUT2D eigenvalue weighted by Crippen LogP contribution is 2.23. The third-order valence-electron chi connectivity index (χ3n) is 5.21. The van der Waals surface area contributed by atoms with E-state index in [1.165, 1.54) is 51.4 Å². The van der Waals surface area contributed by atoms with Crippen LogP contribution in [0, 0.1) is 5.92 Å². The molecule has 0 aliphatic carbocycles. The van der Waals surface area contributed by atoms with Crippen LogP contribution in [0.5, 0.6) is 0 Å². The van der Waals surface area contributed by atoms with Gasteiger partial charge in [0.25, 0.3) is 0 Å². The quantitative estimate of drug-likeness (QED) is 0.174. The first-order chi connectivity index (χ1) is 12.9. The molecule has 0 bridgehead atoms. The number of ether oxygens (including phenoxy) is 1. The van der Waals surface area contributed by atoms with Crippen molar-refractivity contribution in [3.63, 3.8) is 0 Å². The number of rotatable bonds is 18. The maximum absolute atomic E-state index is 12.5. The second-order valence-corrected chi connectivity index (χ2v) is 7.83. The second-order valence-electron chi connectivity index (χ2n) is 7.83.